The number of carbonyl (C=O) groups excluding carboxylic acids is 1. The van der Waals surface area contributed by atoms with Crippen LogP contribution < -0.4 is 5.32 Å². The molecule has 0 aliphatic heterocycles. The predicted octanol–water partition coefficient (Wildman–Crippen LogP) is 2.79. The molecule has 0 aliphatic rings. The number of rotatable bonds is 11. The van der Waals surface area contributed by atoms with E-state index in [0.717, 1.165) is 19.3 Å². The molecule has 6 heteroatoms. The van der Waals surface area contributed by atoms with Crippen molar-refractivity contribution in [1.29, 1.82) is 0 Å². The molecule has 6 nitrogen and oxygen atoms in total. The number of azide groups is 1. The molecule has 18 heavy (non-hydrogen) atoms. The first kappa shape index (κ1) is 16.7. The third kappa shape index (κ3) is 8.84. The highest BCUT2D eigenvalue weighted by Crippen LogP contribution is 2.07. The second kappa shape index (κ2) is 12.2. The third-order valence-corrected chi connectivity index (χ3v) is 2.58. The van der Waals surface area contributed by atoms with Gasteiger partial charge in [-0.05, 0) is 18.9 Å². The number of nitrogens with one attached hydrogen (secondary N) is 1. The van der Waals surface area contributed by atoms with E-state index in [1.165, 1.54) is 12.8 Å². The summed E-state index contributed by atoms with van der Waals surface area (Å²) in [7, 11) is 0. The zero-order valence-electron chi connectivity index (χ0n) is 11.4. The standard InChI is InChI=1S/C12H24N4O2/c1-3-5-6-7-8-11(12(17)18-4-2)14-9-10-15-16-13/h11,14H,3-10H2,1-2H3. The average molecular weight is 256 g/mol. The van der Waals surface area contributed by atoms with Crippen LogP contribution in [0.15, 0.2) is 5.11 Å². The van der Waals surface area contributed by atoms with E-state index in [0.29, 0.717) is 19.7 Å². The summed E-state index contributed by atoms with van der Waals surface area (Å²) in [5, 5.41) is 6.50. The third-order valence-electron chi connectivity index (χ3n) is 2.58. The van der Waals surface area contributed by atoms with E-state index in [2.05, 4.69) is 22.3 Å². The summed E-state index contributed by atoms with van der Waals surface area (Å²) < 4.78 is 5.01. The van der Waals surface area contributed by atoms with Crippen LogP contribution in [-0.2, 0) is 9.53 Å². The summed E-state index contributed by atoms with van der Waals surface area (Å²) in [6.45, 7) is 5.19. The Balaban J connectivity index is 3.98. The maximum Gasteiger partial charge on any atom is 0.323 e. The van der Waals surface area contributed by atoms with Crippen LogP contribution in [0.25, 0.3) is 10.4 Å². The molecule has 0 aromatic carbocycles. The molecule has 0 bridgehead atoms. The molecule has 0 saturated carbocycles. The van der Waals surface area contributed by atoms with E-state index >= 15 is 0 Å². The smallest absolute Gasteiger partial charge is 0.323 e. The van der Waals surface area contributed by atoms with Crippen molar-refractivity contribution in [3.8, 4) is 0 Å². The molecule has 0 heterocycles. The quantitative estimate of drug-likeness (QED) is 0.203. The van der Waals surface area contributed by atoms with Crippen molar-refractivity contribution in [2.24, 2.45) is 5.11 Å². The van der Waals surface area contributed by atoms with Crippen LogP contribution in [-0.4, -0.2) is 31.7 Å². The molecule has 0 aromatic rings. The van der Waals surface area contributed by atoms with E-state index in [1.807, 2.05) is 0 Å². The van der Waals surface area contributed by atoms with Crippen molar-refractivity contribution in [2.75, 3.05) is 19.7 Å². The molecule has 1 unspecified atom stereocenters. The maximum atomic E-state index is 11.7. The van der Waals surface area contributed by atoms with Gasteiger partial charge in [0.25, 0.3) is 0 Å². The summed E-state index contributed by atoms with van der Waals surface area (Å²) in [5.74, 6) is -0.213. The first-order valence-electron chi connectivity index (χ1n) is 6.67. The van der Waals surface area contributed by atoms with Gasteiger partial charge in [0, 0.05) is 18.0 Å². The number of ether oxygens (including phenoxy) is 1. The van der Waals surface area contributed by atoms with Crippen LogP contribution in [0.2, 0.25) is 0 Å². The Morgan fingerprint density at radius 1 is 1.39 bits per heavy atom. The fraction of sp³-hybridized carbons (Fsp3) is 0.917. The second-order valence-corrected chi connectivity index (χ2v) is 4.06. The van der Waals surface area contributed by atoms with Gasteiger partial charge in [-0.25, -0.2) is 0 Å². The lowest BCUT2D eigenvalue weighted by molar-refractivity contribution is -0.145. The van der Waals surface area contributed by atoms with Gasteiger partial charge in [-0.3, -0.25) is 4.79 Å². The Bertz CT molecular complexity index is 265. The lowest BCUT2D eigenvalue weighted by atomic mass is 10.1. The van der Waals surface area contributed by atoms with Gasteiger partial charge in [0.15, 0.2) is 0 Å². The summed E-state index contributed by atoms with van der Waals surface area (Å²) >= 11 is 0. The molecule has 0 saturated heterocycles. The van der Waals surface area contributed by atoms with E-state index in [4.69, 9.17) is 10.3 Å². The van der Waals surface area contributed by atoms with Crippen molar-refractivity contribution in [2.45, 2.75) is 52.0 Å². The number of esters is 1. The summed E-state index contributed by atoms with van der Waals surface area (Å²) in [4.78, 5) is 14.4. The van der Waals surface area contributed by atoms with E-state index < -0.39 is 0 Å². The highest BCUT2D eigenvalue weighted by atomic mass is 16.5. The van der Waals surface area contributed by atoms with Gasteiger partial charge in [-0.2, -0.15) is 0 Å². The van der Waals surface area contributed by atoms with Gasteiger partial charge in [-0.1, -0.05) is 37.7 Å². The Morgan fingerprint density at radius 3 is 2.78 bits per heavy atom. The highest BCUT2D eigenvalue weighted by molar-refractivity contribution is 5.75. The minimum absolute atomic E-state index is 0.213. The number of nitrogens with zero attached hydrogens (tertiary/aromatic N) is 3. The average Bonchev–Trinajstić information content (AvgIpc) is 2.37. The van der Waals surface area contributed by atoms with Crippen LogP contribution in [0.4, 0.5) is 0 Å². The normalized spacial score (nSPS) is 11.7. The molecule has 1 atom stereocenters. The number of hydrogen-bond acceptors (Lipinski definition) is 4. The first-order valence-corrected chi connectivity index (χ1v) is 6.67. The van der Waals surface area contributed by atoms with Crippen LogP contribution in [0.5, 0.6) is 0 Å². The topological polar surface area (TPSA) is 87.1 Å². The fourth-order valence-corrected chi connectivity index (χ4v) is 1.65. The molecular weight excluding hydrogens is 232 g/mol. The van der Waals surface area contributed by atoms with Crippen LogP contribution >= 0.6 is 0 Å². The molecule has 0 rings (SSSR count). The minimum atomic E-state index is -0.282. The highest BCUT2D eigenvalue weighted by Gasteiger charge is 2.17. The lowest BCUT2D eigenvalue weighted by Crippen LogP contribution is -2.39. The molecule has 0 aromatic heterocycles. The van der Waals surface area contributed by atoms with E-state index in [-0.39, 0.29) is 12.0 Å². The first-order chi connectivity index (χ1) is 8.76. The number of carbonyl (C=O) groups is 1. The van der Waals surface area contributed by atoms with Gasteiger partial charge in [0.2, 0.25) is 0 Å². The fourth-order valence-electron chi connectivity index (χ4n) is 1.65. The number of hydrogen-bond donors (Lipinski definition) is 1. The van der Waals surface area contributed by atoms with Crippen LogP contribution in [0.3, 0.4) is 0 Å². The van der Waals surface area contributed by atoms with Crippen LogP contribution in [0, 0.1) is 0 Å². The van der Waals surface area contributed by atoms with Gasteiger partial charge in [0.05, 0.1) is 6.61 Å². The Kier molecular flexibility index (Phi) is 11.3. The van der Waals surface area contributed by atoms with Crippen molar-refractivity contribution < 1.29 is 9.53 Å². The van der Waals surface area contributed by atoms with Gasteiger partial charge >= 0.3 is 5.97 Å². The van der Waals surface area contributed by atoms with E-state index in [1.54, 1.807) is 6.92 Å². The van der Waals surface area contributed by atoms with Gasteiger partial charge in [0.1, 0.15) is 6.04 Å². The molecule has 0 aliphatic carbocycles. The molecule has 0 fully saturated rings. The van der Waals surface area contributed by atoms with Crippen molar-refractivity contribution in [1.82, 2.24) is 5.32 Å². The zero-order valence-corrected chi connectivity index (χ0v) is 11.4. The summed E-state index contributed by atoms with van der Waals surface area (Å²) in [6.07, 6.45) is 5.27. The van der Waals surface area contributed by atoms with Crippen molar-refractivity contribution in [3.63, 3.8) is 0 Å². The Morgan fingerprint density at radius 2 is 2.17 bits per heavy atom. The molecule has 1 N–H and O–H groups in total. The zero-order chi connectivity index (χ0) is 13.6. The summed E-state index contributed by atoms with van der Waals surface area (Å²) in [5.41, 5.74) is 8.16. The van der Waals surface area contributed by atoms with Crippen molar-refractivity contribution in [3.05, 3.63) is 10.4 Å². The molecular formula is C12H24N4O2. The number of unbranched alkanes of at least 4 members (excludes halogenated alkanes) is 3. The second-order valence-electron chi connectivity index (χ2n) is 4.06. The summed E-state index contributed by atoms with van der Waals surface area (Å²) in [6, 6.07) is -0.282. The van der Waals surface area contributed by atoms with Gasteiger partial charge in [-0.15, -0.1) is 0 Å². The van der Waals surface area contributed by atoms with Crippen LogP contribution in [0.1, 0.15) is 46.0 Å². The van der Waals surface area contributed by atoms with E-state index in [9.17, 15) is 4.79 Å². The molecule has 0 amide bonds. The lowest BCUT2D eigenvalue weighted by Gasteiger charge is -2.16. The predicted molar refractivity (Wildman–Crippen MR) is 71.2 cm³/mol. The SMILES string of the molecule is CCCCCCC(NCCN=[N+]=[N-])C(=O)OCC. The molecule has 0 radical (unpaired) electrons. The largest absolute Gasteiger partial charge is 0.465 e. The monoisotopic (exact) mass is 256 g/mol. The Hall–Kier alpha value is -1.26. The maximum absolute atomic E-state index is 11.7. The van der Waals surface area contributed by atoms with Crippen molar-refractivity contribution >= 4 is 5.97 Å². The molecule has 0 spiro atoms. The molecule has 104 valence electrons. The van der Waals surface area contributed by atoms with Gasteiger partial charge < -0.3 is 10.1 Å². The Labute approximate surface area is 109 Å². The minimum Gasteiger partial charge on any atom is -0.465 e.